The second-order valence-electron chi connectivity index (χ2n) is 6.32. The average molecular weight is 243 g/mol. The maximum absolute atomic E-state index is 6.51. The lowest BCUT2D eigenvalue weighted by Gasteiger charge is -2.26. The summed E-state index contributed by atoms with van der Waals surface area (Å²) in [6, 6.07) is 9.29. The molecule has 1 heteroatoms. The van der Waals surface area contributed by atoms with Gasteiger partial charge in [0.25, 0.3) is 0 Å². The van der Waals surface area contributed by atoms with Gasteiger partial charge >= 0.3 is 0 Å². The van der Waals surface area contributed by atoms with Gasteiger partial charge in [0.05, 0.1) is 0 Å². The minimum absolute atomic E-state index is 0.0227. The van der Waals surface area contributed by atoms with Crippen LogP contribution in [0.15, 0.2) is 24.3 Å². The van der Waals surface area contributed by atoms with Crippen molar-refractivity contribution in [2.24, 2.45) is 5.73 Å². The predicted molar refractivity (Wildman–Crippen MR) is 76.6 cm³/mol. The molecule has 0 atom stereocenters. The van der Waals surface area contributed by atoms with Gasteiger partial charge in [0.2, 0.25) is 0 Å². The molecule has 2 N–H and O–H groups in total. The molecule has 1 nitrogen and oxygen atoms in total. The molecule has 0 saturated heterocycles. The predicted octanol–water partition coefficient (Wildman–Crippen LogP) is 4.46. The standard InChI is InChI=1S/C17H25N/c18-17(12-4-5-13-17)16-10-8-15(9-11-16)14-6-2-1-3-7-14/h8-11,14H,1-7,12-13,18H2. The molecule has 0 spiro atoms. The van der Waals surface area contributed by atoms with Crippen LogP contribution >= 0.6 is 0 Å². The summed E-state index contributed by atoms with van der Waals surface area (Å²) in [7, 11) is 0. The summed E-state index contributed by atoms with van der Waals surface area (Å²) in [5.41, 5.74) is 9.39. The van der Waals surface area contributed by atoms with Gasteiger partial charge in [0.15, 0.2) is 0 Å². The largest absolute Gasteiger partial charge is 0.321 e. The van der Waals surface area contributed by atoms with Crippen LogP contribution in [-0.2, 0) is 5.54 Å². The second-order valence-corrected chi connectivity index (χ2v) is 6.32. The highest BCUT2D eigenvalue weighted by atomic mass is 14.8. The highest BCUT2D eigenvalue weighted by Gasteiger charge is 2.31. The van der Waals surface area contributed by atoms with Gasteiger partial charge in [-0.3, -0.25) is 0 Å². The molecule has 3 rings (SSSR count). The zero-order chi connectivity index (χ0) is 12.4. The first kappa shape index (κ1) is 12.2. The third kappa shape index (κ3) is 2.33. The summed E-state index contributed by atoms with van der Waals surface area (Å²) >= 11 is 0. The molecule has 1 aromatic rings. The summed E-state index contributed by atoms with van der Waals surface area (Å²) in [5, 5.41) is 0. The smallest absolute Gasteiger partial charge is 0.0409 e. The molecule has 2 fully saturated rings. The van der Waals surface area contributed by atoms with Crippen LogP contribution in [0.4, 0.5) is 0 Å². The van der Waals surface area contributed by atoms with Crippen LogP contribution in [0.3, 0.4) is 0 Å². The highest BCUT2D eigenvalue weighted by Crippen LogP contribution is 2.38. The molecule has 0 aromatic heterocycles. The van der Waals surface area contributed by atoms with Gasteiger partial charge < -0.3 is 5.73 Å². The van der Waals surface area contributed by atoms with Crippen LogP contribution in [-0.4, -0.2) is 0 Å². The Morgan fingerprint density at radius 1 is 0.833 bits per heavy atom. The molecule has 1 aromatic carbocycles. The first-order valence-electron chi connectivity index (χ1n) is 7.67. The number of nitrogens with two attached hydrogens (primary N) is 1. The van der Waals surface area contributed by atoms with E-state index in [0.29, 0.717) is 0 Å². The summed E-state index contributed by atoms with van der Waals surface area (Å²) in [6.45, 7) is 0. The van der Waals surface area contributed by atoms with Gasteiger partial charge in [0.1, 0.15) is 0 Å². The quantitative estimate of drug-likeness (QED) is 0.815. The van der Waals surface area contributed by atoms with E-state index >= 15 is 0 Å². The molecule has 18 heavy (non-hydrogen) atoms. The molecule has 0 bridgehead atoms. The normalized spacial score (nSPS) is 24.3. The molecular weight excluding hydrogens is 218 g/mol. The van der Waals surface area contributed by atoms with E-state index in [-0.39, 0.29) is 5.54 Å². The van der Waals surface area contributed by atoms with Gasteiger partial charge in [-0.1, -0.05) is 56.4 Å². The topological polar surface area (TPSA) is 26.0 Å². The molecular formula is C17H25N. The first-order chi connectivity index (χ1) is 8.78. The molecule has 2 aliphatic carbocycles. The Kier molecular flexibility index (Phi) is 3.43. The van der Waals surface area contributed by atoms with Gasteiger partial charge in [-0.05, 0) is 42.7 Å². The van der Waals surface area contributed by atoms with Crippen molar-refractivity contribution in [3.05, 3.63) is 35.4 Å². The van der Waals surface area contributed by atoms with Gasteiger partial charge in [0, 0.05) is 5.54 Å². The molecule has 2 aliphatic rings. The van der Waals surface area contributed by atoms with Crippen molar-refractivity contribution in [1.29, 1.82) is 0 Å². The Morgan fingerprint density at radius 2 is 1.44 bits per heavy atom. The van der Waals surface area contributed by atoms with Crippen LogP contribution in [0.1, 0.15) is 74.8 Å². The van der Waals surface area contributed by atoms with E-state index in [0.717, 1.165) is 18.8 Å². The first-order valence-corrected chi connectivity index (χ1v) is 7.67. The lowest BCUT2D eigenvalue weighted by Crippen LogP contribution is -2.32. The number of rotatable bonds is 2. The van der Waals surface area contributed by atoms with Crippen molar-refractivity contribution < 1.29 is 0 Å². The van der Waals surface area contributed by atoms with E-state index in [4.69, 9.17) is 5.73 Å². The summed E-state index contributed by atoms with van der Waals surface area (Å²) < 4.78 is 0. The summed E-state index contributed by atoms with van der Waals surface area (Å²) in [4.78, 5) is 0. The molecule has 2 saturated carbocycles. The van der Waals surface area contributed by atoms with Crippen LogP contribution in [0, 0.1) is 0 Å². The minimum atomic E-state index is -0.0227. The Balaban J connectivity index is 1.76. The molecule has 0 unspecified atom stereocenters. The van der Waals surface area contributed by atoms with Crippen molar-refractivity contribution in [2.45, 2.75) is 69.2 Å². The Bertz CT molecular complexity index is 381. The summed E-state index contributed by atoms with van der Waals surface area (Å²) in [6.07, 6.45) is 11.9. The monoisotopic (exact) mass is 243 g/mol. The lowest BCUT2D eigenvalue weighted by atomic mass is 9.82. The van der Waals surface area contributed by atoms with Crippen molar-refractivity contribution in [3.63, 3.8) is 0 Å². The number of hydrogen-bond donors (Lipinski definition) is 1. The van der Waals surface area contributed by atoms with E-state index in [1.165, 1.54) is 50.5 Å². The molecule has 0 radical (unpaired) electrons. The Hall–Kier alpha value is -0.820. The van der Waals surface area contributed by atoms with Crippen molar-refractivity contribution in [2.75, 3.05) is 0 Å². The second kappa shape index (κ2) is 5.05. The van der Waals surface area contributed by atoms with E-state index in [1.54, 1.807) is 5.56 Å². The van der Waals surface area contributed by atoms with Crippen molar-refractivity contribution >= 4 is 0 Å². The van der Waals surface area contributed by atoms with Gasteiger partial charge in [-0.15, -0.1) is 0 Å². The van der Waals surface area contributed by atoms with Crippen molar-refractivity contribution in [3.8, 4) is 0 Å². The van der Waals surface area contributed by atoms with E-state index in [9.17, 15) is 0 Å². The lowest BCUT2D eigenvalue weighted by molar-refractivity contribution is 0.441. The Morgan fingerprint density at radius 3 is 2.06 bits per heavy atom. The zero-order valence-corrected chi connectivity index (χ0v) is 11.3. The fourth-order valence-corrected chi connectivity index (χ4v) is 3.82. The fourth-order valence-electron chi connectivity index (χ4n) is 3.82. The third-order valence-corrected chi connectivity index (χ3v) is 5.06. The number of benzene rings is 1. The van der Waals surface area contributed by atoms with E-state index < -0.39 is 0 Å². The third-order valence-electron chi connectivity index (χ3n) is 5.06. The average Bonchev–Trinajstić information content (AvgIpc) is 2.88. The fraction of sp³-hybridized carbons (Fsp3) is 0.647. The molecule has 0 amide bonds. The maximum Gasteiger partial charge on any atom is 0.0409 e. The van der Waals surface area contributed by atoms with E-state index in [2.05, 4.69) is 24.3 Å². The molecule has 0 aliphatic heterocycles. The minimum Gasteiger partial charge on any atom is -0.321 e. The van der Waals surface area contributed by atoms with Crippen molar-refractivity contribution in [1.82, 2.24) is 0 Å². The summed E-state index contributed by atoms with van der Waals surface area (Å²) in [5.74, 6) is 0.810. The zero-order valence-electron chi connectivity index (χ0n) is 11.3. The van der Waals surface area contributed by atoms with Gasteiger partial charge in [-0.25, -0.2) is 0 Å². The number of hydrogen-bond acceptors (Lipinski definition) is 1. The Labute approximate surface area is 111 Å². The van der Waals surface area contributed by atoms with Crippen LogP contribution in [0.25, 0.3) is 0 Å². The molecule has 0 heterocycles. The SMILES string of the molecule is NC1(c2ccc(C3CCCCC3)cc2)CCCC1. The maximum atomic E-state index is 6.51. The van der Waals surface area contributed by atoms with Crippen LogP contribution < -0.4 is 5.73 Å². The van der Waals surface area contributed by atoms with Crippen LogP contribution in [0.2, 0.25) is 0 Å². The molecule has 98 valence electrons. The van der Waals surface area contributed by atoms with E-state index in [1.807, 2.05) is 0 Å². The van der Waals surface area contributed by atoms with Crippen LogP contribution in [0.5, 0.6) is 0 Å². The highest BCUT2D eigenvalue weighted by molar-refractivity contribution is 5.31. The van der Waals surface area contributed by atoms with Gasteiger partial charge in [-0.2, -0.15) is 0 Å².